The Morgan fingerprint density at radius 1 is 1.32 bits per heavy atom. The molecule has 1 aliphatic rings. The Morgan fingerprint density at radius 2 is 1.84 bits per heavy atom. The molecule has 4 nitrogen and oxygen atoms in total. The van der Waals surface area contributed by atoms with Gasteiger partial charge in [0.15, 0.2) is 8.32 Å². The fourth-order valence-electron chi connectivity index (χ4n) is 2.18. The Bertz CT molecular complexity index is 362. The molecule has 0 aromatic heterocycles. The van der Waals surface area contributed by atoms with E-state index in [0.717, 1.165) is 6.29 Å². The molecule has 0 aromatic carbocycles. The fourth-order valence-corrected chi connectivity index (χ4v) is 3.61. The minimum Gasteiger partial charge on any atom is -0.413 e. The maximum atomic E-state index is 11.7. The molecule has 0 spiro atoms. The predicted octanol–water partition coefficient (Wildman–Crippen LogP) is 2.35. The summed E-state index contributed by atoms with van der Waals surface area (Å²) >= 11 is 0. The zero-order valence-corrected chi connectivity index (χ0v) is 14.1. The average Bonchev–Trinajstić information content (AvgIpc) is 2.22. The summed E-state index contributed by atoms with van der Waals surface area (Å²) in [4.78, 5) is 22.6. The molecule has 1 fully saturated rings. The maximum absolute atomic E-state index is 11.7. The van der Waals surface area contributed by atoms with Crippen molar-refractivity contribution in [2.75, 3.05) is 0 Å². The van der Waals surface area contributed by atoms with E-state index >= 15 is 0 Å². The van der Waals surface area contributed by atoms with E-state index in [9.17, 15) is 9.59 Å². The van der Waals surface area contributed by atoms with Crippen LogP contribution in [-0.2, 0) is 14.0 Å². The maximum Gasteiger partial charge on any atom is 0.228 e. The van der Waals surface area contributed by atoms with Crippen molar-refractivity contribution in [2.24, 2.45) is 11.8 Å². The van der Waals surface area contributed by atoms with Gasteiger partial charge in [0.05, 0.1) is 18.1 Å². The summed E-state index contributed by atoms with van der Waals surface area (Å²) in [5, 5.41) is 2.93. The van der Waals surface area contributed by atoms with Crippen LogP contribution in [0.4, 0.5) is 0 Å². The molecule has 0 saturated carbocycles. The van der Waals surface area contributed by atoms with Crippen LogP contribution in [0.2, 0.25) is 18.1 Å². The molecule has 1 amide bonds. The van der Waals surface area contributed by atoms with E-state index in [1.165, 1.54) is 0 Å². The van der Waals surface area contributed by atoms with Crippen molar-refractivity contribution in [3.05, 3.63) is 0 Å². The second-order valence-electron chi connectivity index (χ2n) is 7.14. The highest BCUT2D eigenvalue weighted by Crippen LogP contribution is 2.39. The second-order valence-corrected chi connectivity index (χ2v) is 11.9. The number of aldehydes is 1. The van der Waals surface area contributed by atoms with Crippen LogP contribution in [0, 0.1) is 11.8 Å². The number of nitrogens with one attached hydrogen (secondary N) is 1. The van der Waals surface area contributed by atoms with Gasteiger partial charge >= 0.3 is 0 Å². The smallest absolute Gasteiger partial charge is 0.228 e. The third-order valence-electron chi connectivity index (χ3n) is 4.57. The Kier molecular flexibility index (Phi) is 4.62. The van der Waals surface area contributed by atoms with Crippen molar-refractivity contribution < 1.29 is 14.0 Å². The van der Waals surface area contributed by atoms with E-state index in [1.54, 1.807) is 0 Å². The Balaban J connectivity index is 2.75. The zero-order valence-electron chi connectivity index (χ0n) is 13.1. The van der Waals surface area contributed by atoms with Crippen molar-refractivity contribution >= 4 is 20.5 Å². The van der Waals surface area contributed by atoms with Gasteiger partial charge < -0.3 is 14.5 Å². The quantitative estimate of drug-likeness (QED) is 0.479. The molecular weight excluding hydrogens is 258 g/mol. The van der Waals surface area contributed by atoms with Gasteiger partial charge in [-0.15, -0.1) is 0 Å². The van der Waals surface area contributed by atoms with E-state index in [2.05, 4.69) is 39.2 Å². The second kappa shape index (κ2) is 5.36. The lowest BCUT2D eigenvalue weighted by Gasteiger charge is -2.46. The minimum atomic E-state index is -1.89. The van der Waals surface area contributed by atoms with Crippen LogP contribution in [-0.4, -0.2) is 32.7 Å². The van der Waals surface area contributed by atoms with Crippen molar-refractivity contribution in [1.29, 1.82) is 0 Å². The third kappa shape index (κ3) is 3.26. The van der Waals surface area contributed by atoms with Crippen LogP contribution >= 0.6 is 0 Å². The van der Waals surface area contributed by atoms with E-state index in [4.69, 9.17) is 4.43 Å². The summed E-state index contributed by atoms with van der Waals surface area (Å²) in [7, 11) is -1.89. The van der Waals surface area contributed by atoms with Crippen LogP contribution in [0.25, 0.3) is 0 Å². The molecule has 4 atom stereocenters. The van der Waals surface area contributed by atoms with Crippen LogP contribution in [0.15, 0.2) is 0 Å². The van der Waals surface area contributed by atoms with E-state index in [-0.39, 0.29) is 34.9 Å². The van der Waals surface area contributed by atoms with Gasteiger partial charge in [-0.25, -0.2) is 0 Å². The number of hydrogen-bond acceptors (Lipinski definition) is 3. The van der Waals surface area contributed by atoms with E-state index < -0.39 is 8.32 Å². The Morgan fingerprint density at radius 3 is 2.21 bits per heavy atom. The van der Waals surface area contributed by atoms with Gasteiger partial charge in [-0.1, -0.05) is 27.7 Å². The monoisotopic (exact) mass is 285 g/mol. The van der Waals surface area contributed by atoms with Crippen LogP contribution in [0.5, 0.6) is 0 Å². The molecule has 1 heterocycles. The molecule has 110 valence electrons. The molecule has 0 radical (unpaired) electrons. The first-order chi connectivity index (χ1) is 8.51. The van der Waals surface area contributed by atoms with Gasteiger partial charge in [-0.05, 0) is 25.1 Å². The largest absolute Gasteiger partial charge is 0.413 e. The van der Waals surface area contributed by atoms with Crippen molar-refractivity contribution in [3.63, 3.8) is 0 Å². The summed E-state index contributed by atoms with van der Waals surface area (Å²) in [6.45, 7) is 14.7. The zero-order chi connectivity index (χ0) is 15.0. The number of hydrogen-bond donors (Lipinski definition) is 1. The van der Waals surface area contributed by atoms with Crippen molar-refractivity contribution in [1.82, 2.24) is 5.32 Å². The Labute approximate surface area is 117 Å². The molecule has 1 N–H and O–H groups in total. The first kappa shape index (κ1) is 16.4. The van der Waals surface area contributed by atoms with Gasteiger partial charge in [-0.2, -0.15) is 0 Å². The van der Waals surface area contributed by atoms with Crippen LogP contribution < -0.4 is 5.32 Å². The van der Waals surface area contributed by atoms with Crippen LogP contribution in [0.3, 0.4) is 0 Å². The van der Waals surface area contributed by atoms with Gasteiger partial charge in [0.25, 0.3) is 0 Å². The predicted molar refractivity (Wildman–Crippen MR) is 78.4 cm³/mol. The molecule has 5 heteroatoms. The Hall–Kier alpha value is -0.683. The SMILES string of the molecule is C[C@@H](C=O)[C@@H]1NC(=O)[C@@H]1[C@@H](C)O[Si](C)(C)C(C)(C)C. The fraction of sp³-hybridized carbons (Fsp3) is 0.857. The van der Waals surface area contributed by atoms with Crippen LogP contribution in [0.1, 0.15) is 34.6 Å². The summed E-state index contributed by atoms with van der Waals surface area (Å²) in [6.07, 6.45) is 0.762. The standard InChI is InChI=1S/C14H27NO3Si/c1-9(8-16)12-11(13(17)15-12)10(2)18-19(6,7)14(3,4)5/h8-12H,1-7H3,(H,15,17)/t9-,10+,11+,12-/m0/s1. The summed E-state index contributed by atoms with van der Waals surface area (Å²) < 4.78 is 6.26. The van der Waals surface area contributed by atoms with Crippen molar-refractivity contribution in [2.45, 2.75) is 64.9 Å². The molecular formula is C14H27NO3Si. The molecule has 0 bridgehead atoms. The molecule has 1 aliphatic heterocycles. The number of rotatable bonds is 5. The normalized spacial score (nSPS) is 27.2. The molecule has 0 aromatic rings. The van der Waals surface area contributed by atoms with Gasteiger partial charge in [0.1, 0.15) is 6.29 Å². The number of amides is 1. The number of carbonyl (C=O) groups is 2. The molecule has 1 rings (SSSR count). The van der Waals surface area contributed by atoms with Gasteiger partial charge in [0.2, 0.25) is 5.91 Å². The molecule has 19 heavy (non-hydrogen) atoms. The van der Waals surface area contributed by atoms with Gasteiger partial charge in [0, 0.05) is 5.92 Å². The molecule has 0 aliphatic carbocycles. The first-order valence-electron chi connectivity index (χ1n) is 6.95. The lowest BCUT2D eigenvalue weighted by atomic mass is 9.79. The molecule has 1 saturated heterocycles. The topological polar surface area (TPSA) is 55.4 Å². The van der Waals surface area contributed by atoms with E-state index in [1.807, 2.05) is 13.8 Å². The highest BCUT2D eigenvalue weighted by Gasteiger charge is 2.48. The van der Waals surface area contributed by atoms with E-state index in [0.29, 0.717) is 0 Å². The number of β-lactam (4-membered cyclic amide) rings is 1. The summed E-state index contributed by atoms with van der Waals surface area (Å²) in [6, 6.07) is -0.0789. The molecule has 0 unspecified atom stereocenters. The lowest BCUT2D eigenvalue weighted by Crippen LogP contribution is -2.66. The summed E-state index contributed by atoms with van der Waals surface area (Å²) in [5.74, 6) is -0.354. The number of carbonyl (C=O) groups excluding carboxylic acids is 2. The average molecular weight is 285 g/mol. The third-order valence-corrected chi connectivity index (χ3v) is 9.15. The summed E-state index contributed by atoms with van der Waals surface area (Å²) in [5.41, 5.74) is 0. The van der Waals surface area contributed by atoms with Gasteiger partial charge in [-0.3, -0.25) is 4.79 Å². The lowest BCUT2D eigenvalue weighted by molar-refractivity contribution is -0.142. The first-order valence-corrected chi connectivity index (χ1v) is 9.85. The minimum absolute atomic E-state index is 0.00455. The highest BCUT2D eigenvalue weighted by atomic mass is 28.4. The van der Waals surface area contributed by atoms with Crippen molar-refractivity contribution in [3.8, 4) is 0 Å². The highest BCUT2D eigenvalue weighted by molar-refractivity contribution is 6.74.